The summed E-state index contributed by atoms with van der Waals surface area (Å²) in [5.74, 6) is -2.32. The molecule has 8 heteroatoms. The number of carbonyl (C=O) groups excluding carboxylic acids is 1. The third-order valence-electron chi connectivity index (χ3n) is 3.81. The zero-order chi connectivity index (χ0) is 17.9. The van der Waals surface area contributed by atoms with Gasteiger partial charge in [-0.1, -0.05) is 12.1 Å². The summed E-state index contributed by atoms with van der Waals surface area (Å²) in [5.41, 5.74) is -1.64. The van der Waals surface area contributed by atoms with Gasteiger partial charge in [0.2, 0.25) is 0 Å². The summed E-state index contributed by atoms with van der Waals surface area (Å²) in [6, 6.07) is 6.01. The van der Waals surface area contributed by atoms with Gasteiger partial charge in [-0.25, -0.2) is 9.59 Å². The molecule has 0 amide bonds. The van der Waals surface area contributed by atoms with Crippen LogP contribution in [0.15, 0.2) is 30.3 Å². The van der Waals surface area contributed by atoms with E-state index in [1.165, 1.54) is 18.2 Å². The van der Waals surface area contributed by atoms with E-state index in [4.69, 9.17) is 14.9 Å². The Balaban J connectivity index is 1.98. The first kappa shape index (κ1) is 17.9. The fourth-order valence-corrected chi connectivity index (χ4v) is 2.52. The molecule has 0 unspecified atom stereocenters. The highest BCUT2D eigenvalue weighted by molar-refractivity contribution is 5.87. The summed E-state index contributed by atoms with van der Waals surface area (Å²) >= 11 is 0. The number of benzene rings is 1. The molecule has 1 aliphatic rings. The van der Waals surface area contributed by atoms with Crippen LogP contribution in [0.25, 0.3) is 6.08 Å². The number of carboxylic acid groups (broad SMARTS) is 1. The van der Waals surface area contributed by atoms with Crippen LogP contribution >= 0.6 is 0 Å². The second-order valence-corrected chi connectivity index (χ2v) is 5.71. The van der Waals surface area contributed by atoms with Crippen molar-refractivity contribution in [1.82, 2.24) is 0 Å². The predicted octanol–water partition coefficient (Wildman–Crippen LogP) is -0.352. The Labute approximate surface area is 137 Å². The van der Waals surface area contributed by atoms with E-state index in [0.717, 1.165) is 6.08 Å². The summed E-state index contributed by atoms with van der Waals surface area (Å²) in [5, 5.41) is 47.7. The van der Waals surface area contributed by atoms with Crippen LogP contribution in [0, 0.1) is 0 Å². The average Bonchev–Trinajstić information content (AvgIpc) is 2.50. The summed E-state index contributed by atoms with van der Waals surface area (Å²) in [7, 11) is 0. The molecule has 0 saturated heterocycles. The number of carboxylic acids is 1. The highest BCUT2D eigenvalue weighted by atomic mass is 16.6. The van der Waals surface area contributed by atoms with Crippen molar-refractivity contribution in [2.45, 2.75) is 36.8 Å². The Bertz CT molecular complexity index is 624. The van der Waals surface area contributed by atoms with Gasteiger partial charge in [-0.3, -0.25) is 0 Å². The Hall–Kier alpha value is -2.42. The highest BCUT2D eigenvalue weighted by Crippen LogP contribution is 2.31. The molecule has 1 aliphatic carbocycles. The maximum Gasteiger partial charge on any atom is 0.335 e. The van der Waals surface area contributed by atoms with Gasteiger partial charge in [0.25, 0.3) is 0 Å². The van der Waals surface area contributed by atoms with Gasteiger partial charge >= 0.3 is 11.9 Å². The second kappa shape index (κ2) is 7.00. The number of hydrogen-bond acceptors (Lipinski definition) is 7. The van der Waals surface area contributed by atoms with Crippen molar-refractivity contribution >= 4 is 18.0 Å². The van der Waals surface area contributed by atoms with Gasteiger partial charge in [0.05, 0.1) is 12.2 Å². The van der Waals surface area contributed by atoms with Crippen LogP contribution in [0.1, 0.15) is 18.4 Å². The number of carbonyl (C=O) groups is 2. The Kier molecular flexibility index (Phi) is 5.23. The number of rotatable bonds is 4. The largest absolute Gasteiger partial charge is 0.508 e. The van der Waals surface area contributed by atoms with Crippen LogP contribution in [0.5, 0.6) is 5.75 Å². The predicted molar refractivity (Wildman–Crippen MR) is 80.9 cm³/mol. The molecule has 0 spiro atoms. The lowest BCUT2D eigenvalue weighted by molar-refractivity contribution is -0.196. The first-order chi connectivity index (χ1) is 11.2. The maximum atomic E-state index is 11.8. The molecule has 0 heterocycles. The van der Waals surface area contributed by atoms with E-state index in [2.05, 4.69) is 0 Å². The molecule has 0 aliphatic heterocycles. The summed E-state index contributed by atoms with van der Waals surface area (Å²) in [4.78, 5) is 22.7. The fraction of sp³-hybridized carbons (Fsp3) is 0.375. The van der Waals surface area contributed by atoms with Crippen LogP contribution in [0.4, 0.5) is 0 Å². The van der Waals surface area contributed by atoms with Gasteiger partial charge in [0, 0.05) is 18.9 Å². The monoisotopic (exact) mass is 338 g/mol. The standard InChI is InChI=1S/C16H18O8/c17-10-4-1-9(2-5-10)3-6-13(20)24-14-11(18)7-16(23,15(21)22)8-12(14)19/h1-6,11-12,14,17-19,23H,7-8H2,(H,21,22)/b6-3+/t11-,12-,14?,16?/m0/s1. The quantitative estimate of drug-likeness (QED) is 0.370. The smallest absolute Gasteiger partial charge is 0.335 e. The lowest BCUT2D eigenvalue weighted by atomic mass is 9.79. The number of phenols is 1. The number of esters is 1. The molecule has 1 aromatic rings. The minimum atomic E-state index is -2.26. The van der Waals surface area contributed by atoms with E-state index in [9.17, 15) is 24.9 Å². The van der Waals surface area contributed by atoms with E-state index >= 15 is 0 Å². The maximum absolute atomic E-state index is 11.8. The molecule has 1 saturated carbocycles. The fourth-order valence-electron chi connectivity index (χ4n) is 2.52. The van der Waals surface area contributed by atoms with Gasteiger partial charge in [-0.15, -0.1) is 0 Å². The number of phenolic OH excluding ortho intramolecular Hbond substituents is 1. The SMILES string of the molecule is O=C(/C=C/c1ccc(O)cc1)OC1[C@@H](O)CC(O)(C(=O)O)C[C@@H]1O. The molecule has 5 N–H and O–H groups in total. The molecular formula is C16H18O8. The van der Waals surface area contributed by atoms with Crippen LogP contribution < -0.4 is 0 Å². The average molecular weight is 338 g/mol. The Morgan fingerprint density at radius 2 is 1.67 bits per heavy atom. The van der Waals surface area contributed by atoms with Gasteiger partial charge in [0.15, 0.2) is 11.7 Å². The number of aliphatic carboxylic acids is 1. The van der Waals surface area contributed by atoms with Crippen molar-refractivity contribution in [2.75, 3.05) is 0 Å². The van der Waals surface area contributed by atoms with Gasteiger partial charge in [-0.05, 0) is 23.8 Å². The third kappa shape index (κ3) is 4.10. The minimum Gasteiger partial charge on any atom is -0.508 e. The summed E-state index contributed by atoms with van der Waals surface area (Å²) in [6.07, 6.45) is -2.98. The molecular weight excluding hydrogens is 320 g/mol. The summed E-state index contributed by atoms with van der Waals surface area (Å²) in [6.45, 7) is 0. The highest BCUT2D eigenvalue weighted by Gasteiger charge is 2.50. The van der Waals surface area contributed by atoms with Crippen LogP contribution in [0.3, 0.4) is 0 Å². The number of aromatic hydroxyl groups is 1. The van der Waals surface area contributed by atoms with Crippen molar-refractivity contribution in [1.29, 1.82) is 0 Å². The Morgan fingerprint density at radius 1 is 1.12 bits per heavy atom. The molecule has 1 fully saturated rings. The molecule has 24 heavy (non-hydrogen) atoms. The second-order valence-electron chi connectivity index (χ2n) is 5.71. The van der Waals surface area contributed by atoms with Gasteiger partial charge < -0.3 is 30.3 Å². The van der Waals surface area contributed by atoms with E-state index in [-0.39, 0.29) is 5.75 Å². The van der Waals surface area contributed by atoms with Gasteiger partial charge in [-0.2, -0.15) is 0 Å². The van der Waals surface area contributed by atoms with E-state index in [1.54, 1.807) is 12.1 Å². The lowest BCUT2D eigenvalue weighted by Crippen LogP contribution is -2.57. The van der Waals surface area contributed by atoms with Crippen molar-refractivity contribution in [3.8, 4) is 5.75 Å². The first-order valence-electron chi connectivity index (χ1n) is 7.21. The van der Waals surface area contributed by atoms with E-state index in [1.807, 2.05) is 0 Å². The molecule has 130 valence electrons. The van der Waals surface area contributed by atoms with Crippen LogP contribution in [0.2, 0.25) is 0 Å². The number of aliphatic hydroxyl groups excluding tert-OH is 2. The minimum absolute atomic E-state index is 0.0779. The number of hydrogen-bond donors (Lipinski definition) is 5. The van der Waals surface area contributed by atoms with Crippen molar-refractivity contribution in [2.24, 2.45) is 0 Å². The third-order valence-corrected chi connectivity index (χ3v) is 3.81. The lowest BCUT2D eigenvalue weighted by Gasteiger charge is -2.39. The van der Waals surface area contributed by atoms with Gasteiger partial charge in [0.1, 0.15) is 5.75 Å². The van der Waals surface area contributed by atoms with E-state index in [0.29, 0.717) is 5.56 Å². The first-order valence-corrected chi connectivity index (χ1v) is 7.21. The normalized spacial score (nSPS) is 30.2. The Morgan fingerprint density at radius 3 is 2.17 bits per heavy atom. The molecule has 0 bridgehead atoms. The zero-order valence-corrected chi connectivity index (χ0v) is 12.6. The number of aliphatic hydroxyl groups is 3. The topological polar surface area (TPSA) is 145 Å². The number of ether oxygens (including phenoxy) is 1. The molecule has 8 nitrogen and oxygen atoms in total. The molecule has 2 rings (SSSR count). The van der Waals surface area contributed by atoms with Crippen molar-refractivity contribution in [3.05, 3.63) is 35.9 Å². The molecule has 0 radical (unpaired) electrons. The molecule has 2 atom stereocenters. The zero-order valence-electron chi connectivity index (χ0n) is 12.6. The van der Waals surface area contributed by atoms with E-state index < -0.39 is 48.7 Å². The van der Waals surface area contributed by atoms with Crippen LogP contribution in [-0.4, -0.2) is 61.4 Å². The van der Waals surface area contributed by atoms with Crippen LogP contribution in [-0.2, 0) is 14.3 Å². The molecule has 1 aromatic carbocycles. The van der Waals surface area contributed by atoms with Crippen molar-refractivity contribution in [3.63, 3.8) is 0 Å². The molecule has 0 aromatic heterocycles. The summed E-state index contributed by atoms with van der Waals surface area (Å²) < 4.78 is 4.96. The van der Waals surface area contributed by atoms with Crippen molar-refractivity contribution < 1.29 is 39.9 Å².